The summed E-state index contributed by atoms with van der Waals surface area (Å²) in [5, 5.41) is 3.61. The van der Waals surface area contributed by atoms with Crippen LogP contribution in [0.5, 0.6) is 0 Å². The summed E-state index contributed by atoms with van der Waals surface area (Å²) in [4.78, 5) is 12.2. The van der Waals surface area contributed by atoms with Gasteiger partial charge in [-0.3, -0.25) is 0 Å². The van der Waals surface area contributed by atoms with Gasteiger partial charge in [0.15, 0.2) is 27.8 Å². The molecule has 0 bridgehead atoms. The van der Waals surface area contributed by atoms with E-state index in [1.165, 1.54) is 11.8 Å². The number of hydrogen-bond donors (Lipinski definition) is 3. The first kappa shape index (κ1) is 13.9. The Morgan fingerprint density at radius 2 is 2.12 bits per heavy atom. The van der Waals surface area contributed by atoms with E-state index in [4.69, 9.17) is 23.1 Å². The van der Waals surface area contributed by atoms with E-state index in [1.807, 2.05) is 13.8 Å². The van der Waals surface area contributed by atoms with Crippen molar-refractivity contribution >= 4 is 46.0 Å². The average Bonchev–Trinajstić information content (AvgIpc) is 2.24. The van der Waals surface area contributed by atoms with E-state index in [0.29, 0.717) is 11.0 Å². The lowest BCUT2D eigenvalue weighted by atomic mass is 10.4. The van der Waals surface area contributed by atoms with Crippen molar-refractivity contribution in [2.24, 2.45) is 10.7 Å². The Morgan fingerprint density at radius 3 is 2.65 bits per heavy atom. The molecule has 0 aliphatic heterocycles. The highest BCUT2D eigenvalue weighted by Crippen LogP contribution is 2.26. The molecule has 0 aliphatic rings. The molecule has 17 heavy (non-hydrogen) atoms. The predicted molar refractivity (Wildman–Crippen MR) is 75.0 cm³/mol. The van der Waals surface area contributed by atoms with Crippen molar-refractivity contribution in [3.8, 4) is 0 Å². The third-order valence-electron chi connectivity index (χ3n) is 1.71. The summed E-state index contributed by atoms with van der Waals surface area (Å²) in [7, 11) is 0. The van der Waals surface area contributed by atoms with Crippen LogP contribution in [0.2, 0.25) is 5.15 Å². The van der Waals surface area contributed by atoms with Gasteiger partial charge in [0.2, 0.25) is 0 Å². The number of anilines is 2. The summed E-state index contributed by atoms with van der Waals surface area (Å²) in [5.41, 5.74) is 11.3. The van der Waals surface area contributed by atoms with Crippen LogP contribution < -0.4 is 16.8 Å². The monoisotopic (exact) mass is 274 g/mol. The molecule has 1 rings (SSSR count). The van der Waals surface area contributed by atoms with Crippen LogP contribution >= 0.6 is 23.4 Å². The summed E-state index contributed by atoms with van der Waals surface area (Å²) in [6, 6.07) is 0.187. The Bertz CT molecular complexity index is 434. The second-order valence-electron chi connectivity index (χ2n) is 3.53. The Labute approximate surface area is 109 Å². The number of halogens is 1. The highest BCUT2D eigenvalue weighted by atomic mass is 35.5. The molecule has 6 nitrogen and oxygen atoms in total. The third kappa shape index (κ3) is 3.94. The number of nitrogens with one attached hydrogen (secondary N) is 1. The van der Waals surface area contributed by atoms with Crippen LogP contribution in [0, 0.1) is 0 Å². The highest BCUT2D eigenvalue weighted by Gasteiger charge is 2.10. The average molecular weight is 275 g/mol. The van der Waals surface area contributed by atoms with Gasteiger partial charge in [-0.2, -0.15) is 0 Å². The van der Waals surface area contributed by atoms with E-state index in [0.717, 1.165) is 0 Å². The van der Waals surface area contributed by atoms with E-state index in [1.54, 1.807) is 6.26 Å². The molecular formula is C9H15ClN6S. The topological polar surface area (TPSA) is 102 Å². The maximum Gasteiger partial charge on any atom is 0.199 e. The van der Waals surface area contributed by atoms with Crippen LogP contribution in [-0.2, 0) is 0 Å². The molecule has 1 aromatic heterocycles. The number of nitrogens with zero attached hydrogens (tertiary/aromatic N) is 3. The fourth-order valence-corrected chi connectivity index (χ4v) is 1.37. The summed E-state index contributed by atoms with van der Waals surface area (Å²) in [5.74, 6) is 0.867. The molecule has 0 radical (unpaired) electrons. The molecule has 0 spiro atoms. The van der Waals surface area contributed by atoms with Crippen LogP contribution in [0.3, 0.4) is 0 Å². The van der Waals surface area contributed by atoms with E-state index < -0.39 is 0 Å². The van der Waals surface area contributed by atoms with Crippen LogP contribution in [-0.4, -0.2) is 27.4 Å². The molecule has 8 heteroatoms. The largest absolute Gasteiger partial charge is 0.380 e. The molecule has 1 heterocycles. The van der Waals surface area contributed by atoms with Gasteiger partial charge >= 0.3 is 0 Å². The molecule has 0 atom stereocenters. The number of hydrogen-bond acceptors (Lipinski definition) is 6. The van der Waals surface area contributed by atoms with Gasteiger partial charge in [0, 0.05) is 6.04 Å². The molecule has 0 aromatic carbocycles. The Kier molecular flexibility index (Phi) is 4.83. The van der Waals surface area contributed by atoms with Crippen molar-refractivity contribution in [3.05, 3.63) is 5.15 Å². The van der Waals surface area contributed by atoms with Gasteiger partial charge in [-0.1, -0.05) is 23.4 Å². The quantitative estimate of drug-likeness (QED) is 0.574. The number of nitrogens with two attached hydrogens (primary N) is 2. The lowest BCUT2D eigenvalue weighted by molar-refractivity contribution is 0.886. The zero-order valence-corrected chi connectivity index (χ0v) is 11.4. The first-order valence-electron chi connectivity index (χ1n) is 4.91. The Balaban J connectivity index is 3.09. The van der Waals surface area contributed by atoms with E-state index in [-0.39, 0.29) is 22.8 Å². The van der Waals surface area contributed by atoms with Gasteiger partial charge in [-0.15, -0.1) is 0 Å². The summed E-state index contributed by atoms with van der Waals surface area (Å²) >= 11 is 7.26. The zero-order valence-electron chi connectivity index (χ0n) is 9.86. The van der Waals surface area contributed by atoms with Crippen LogP contribution in [0.4, 0.5) is 17.5 Å². The van der Waals surface area contributed by atoms with Gasteiger partial charge in [-0.25, -0.2) is 15.0 Å². The van der Waals surface area contributed by atoms with E-state index in [2.05, 4.69) is 20.3 Å². The highest BCUT2D eigenvalue weighted by molar-refractivity contribution is 8.13. The molecule has 1 aromatic rings. The predicted octanol–water partition coefficient (Wildman–Crippen LogP) is 1.84. The number of thioether (sulfide) groups is 1. The van der Waals surface area contributed by atoms with E-state index >= 15 is 0 Å². The second-order valence-corrected chi connectivity index (χ2v) is 4.71. The molecule has 0 saturated carbocycles. The first-order valence-corrected chi connectivity index (χ1v) is 6.52. The summed E-state index contributed by atoms with van der Waals surface area (Å²) in [6.07, 6.45) is 1.80. The molecule has 0 unspecified atom stereocenters. The minimum Gasteiger partial charge on any atom is -0.380 e. The van der Waals surface area contributed by atoms with Gasteiger partial charge in [0.25, 0.3) is 0 Å². The van der Waals surface area contributed by atoms with Crippen LogP contribution in [0.1, 0.15) is 13.8 Å². The Morgan fingerprint density at radius 1 is 1.47 bits per heavy atom. The molecule has 0 aliphatic carbocycles. The van der Waals surface area contributed by atoms with Gasteiger partial charge in [0.1, 0.15) is 0 Å². The van der Waals surface area contributed by atoms with Crippen molar-refractivity contribution in [1.29, 1.82) is 0 Å². The summed E-state index contributed by atoms with van der Waals surface area (Å²) in [6.45, 7) is 3.93. The first-order chi connectivity index (χ1) is 7.93. The molecule has 0 fully saturated rings. The van der Waals surface area contributed by atoms with Gasteiger partial charge in [0.05, 0.1) is 0 Å². The number of aliphatic imine (C=N–C) groups is 1. The third-order valence-corrected chi connectivity index (χ3v) is 2.48. The van der Waals surface area contributed by atoms with Crippen molar-refractivity contribution in [1.82, 2.24) is 9.97 Å². The van der Waals surface area contributed by atoms with E-state index in [9.17, 15) is 0 Å². The van der Waals surface area contributed by atoms with Crippen molar-refractivity contribution in [2.75, 3.05) is 17.3 Å². The summed E-state index contributed by atoms with van der Waals surface area (Å²) < 4.78 is 0. The van der Waals surface area contributed by atoms with Crippen LogP contribution in [0.15, 0.2) is 4.99 Å². The van der Waals surface area contributed by atoms with Crippen molar-refractivity contribution < 1.29 is 0 Å². The second kappa shape index (κ2) is 5.92. The number of amidine groups is 1. The number of nitrogen functional groups attached to an aromatic ring is 1. The fourth-order valence-electron chi connectivity index (χ4n) is 1.02. The van der Waals surface area contributed by atoms with Crippen LogP contribution in [0.25, 0.3) is 0 Å². The van der Waals surface area contributed by atoms with Crippen molar-refractivity contribution in [2.45, 2.75) is 19.9 Å². The standard InChI is InChI=1S/C9H15ClN6S/c1-4(2)13-7-5(10)14-8(6(11)15-7)16-9(12)17-3/h4H,1-3H3,(H3,11,13,15)(H2,12,14,16). The molecule has 0 saturated heterocycles. The number of rotatable bonds is 3. The lowest BCUT2D eigenvalue weighted by Crippen LogP contribution is -2.13. The van der Waals surface area contributed by atoms with Crippen molar-refractivity contribution in [3.63, 3.8) is 0 Å². The smallest absolute Gasteiger partial charge is 0.199 e. The number of aromatic nitrogens is 2. The fraction of sp³-hybridized carbons (Fsp3) is 0.444. The normalized spacial score (nSPS) is 11.9. The zero-order chi connectivity index (χ0) is 13.0. The Hall–Kier alpha value is -1.21. The van der Waals surface area contributed by atoms with Gasteiger partial charge < -0.3 is 16.8 Å². The maximum atomic E-state index is 5.96. The minimum absolute atomic E-state index is 0.187. The molecular weight excluding hydrogens is 260 g/mol. The minimum atomic E-state index is 0.187. The maximum absolute atomic E-state index is 5.96. The lowest BCUT2D eigenvalue weighted by Gasteiger charge is -2.11. The molecule has 94 valence electrons. The SMILES string of the molecule is CSC(N)=Nc1nc(Cl)c(NC(C)C)nc1N. The molecule has 5 N–H and O–H groups in total. The van der Waals surface area contributed by atoms with Gasteiger partial charge in [-0.05, 0) is 20.1 Å². The molecule has 0 amide bonds.